The lowest BCUT2D eigenvalue weighted by Crippen LogP contribution is -2.57. The summed E-state index contributed by atoms with van der Waals surface area (Å²) >= 11 is 0. The van der Waals surface area contributed by atoms with E-state index >= 15 is 0 Å². The van der Waals surface area contributed by atoms with Crippen molar-refractivity contribution >= 4 is 5.82 Å². The summed E-state index contributed by atoms with van der Waals surface area (Å²) in [5, 5.41) is 8.95. The molecule has 4 atom stereocenters. The number of fused-ring (bicyclic) bond motifs is 2. The van der Waals surface area contributed by atoms with Crippen molar-refractivity contribution in [2.45, 2.75) is 25.4 Å². The molecule has 1 aromatic heterocycles. The Kier molecular flexibility index (Phi) is 3.86. The van der Waals surface area contributed by atoms with Crippen LogP contribution in [0.15, 0.2) is 42.7 Å². The molecular weight excluding hydrogens is 322 g/mol. The normalized spacial score (nSPS) is 30.2. The molecule has 4 heterocycles. The maximum absolute atomic E-state index is 8.95. The number of hydrogen-bond acceptors (Lipinski definition) is 5. The topological polar surface area (TPSA) is 56.1 Å². The third-order valence-corrected chi connectivity index (χ3v) is 6.55. The van der Waals surface area contributed by atoms with Gasteiger partial charge >= 0.3 is 0 Å². The van der Waals surface area contributed by atoms with E-state index in [0.717, 1.165) is 36.7 Å². The van der Waals surface area contributed by atoms with E-state index in [9.17, 15) is 0 Å². The fraction of sp³-hybridized carbons (Fsp3) is 0.476. The summed E-state index contributed by atoms with van der Waals surface area (Å²) in [5.41, 5.74) is 1.80. The van der Waals surface area contributed by atoms with Gasteiger partial charge in [0.05, 0.1) is 12.4 Å². The van der Waals surface area contributed by atoms with Gasteiger partial charge in [-0.05, 0) is 36.2 Å². The van der Waals surface area contributed by atoms with Gasteiger partial charge in [-0.1, -0.05) is 30.3 Å². The molecular formula is C21H23N5. The van der Waals surface area contributed by atoms with Crippen LogP contribution < -0.4 is 4.90 Å². The molecule has 132 valence electrons. The first-order valence-electron chi connectivity index (χ1n) is 9.57. The number of nitrogens with zero attached hydrogens (tertiary/aromatic N) is 5. The Bertz CT molecular complexity index is 813. The van der Waals surface area contributed by atoms with Gasteiger partial charge in [-0.3, -0.25) is 4.90 Å². The van der Waals surface area contributed by atoms with Crippen LogP contribution in [0.25, 0.3) is 0 Å². The third kappa shape index (κ3) is 2.65. The van der Waals surface area contributed by atoms with Crippen LogP contribution in [-0.2, 0) is 6.54 Å². The molecule has 1 aromatic carbocycles. The standard InChI is InChI=1S/C21H23N5/c22-8-17-9-24-21(10-23-17)26-12-16-6-7-20(26)19-14-25(13-18(16)19)11-15-4-2-1-3-5-15/h1-5,9-10,16,18-20H,6-7,11-14H2. The lowest BCUT2D eigenvalue weighted by atomic mass is 9.67. The maximum atomic E-state index is 8.95. The summed E-state index contributed by atoms with van der Waals surface area (Å²) < 4.78 is 0. The number of piperidine rings is 2. The molecule has 3 aliphatic heterocycles. The second-order valence-corrected chi connectivity index (χ2v) is 7.94. The van der Waals surface area contributed by atoms with Crippen molar-refractivity contribution in [3.05, 3.63) is 54.0 Å². The van der Waals surface area contributed by atoms with E-state index in [0.29, 0.717) is 11.7 Å². The van der Waals surface area contributed by atoms with Crippen molar-refractivity contribution in [1.82, 2.24) is 14.9 Å². The second kappa shape index (κ2) is 6.37. The fourth-order valence-electron chi connectivity index (χ4n) is 5.42. The first-order chi connectivity index (χ1) is 12.8. The summed E-state index contributed by atoms with van der Waals surface area (Å²) in [5.74, 6) is 3.24. The molecule has 5 heteroatoms. The first kappa shape index (κ1) is 15.8. The minimum absolute atomic E-state index is 0.392. The third-order valence-electron chi connectivity index (χ3n) is 6.55. The Hall–Kier alpha value is -2.45. The molecule has 2 bridgehead atoms. The Labute approximate surface area is 154 Å². The van der Waals surface area contributed by atoms with E-state index < -0.39 is 0 Å². The molecule has 4 unspecified atom stereocenters. The molecule has 0 radical (unpaired) electrons. The summed E-state index contributed by atoms with van der Waals surface area (Å²) in [6.45, 7) is 4.56. The quantitative estimate of drug-likeness (QED) is 0.856. The van der Waals surface area contributed by atoms with Gasteiger partial charge in [0.25, 0.3) is 0 Å². The molecule has 2 aromatic rings. The average molecular weight is 345 g/mol. The SMILES string of the molecule is N#Cc1cnc(N2CC3CCC2C2CN(Cc4ccccc4)CC32)cn1. The minimum atomic E-state index is 0.392. The van der Waals surface area contributed by atoms with E-state index in [2.05, 4.69) is 56.2 Å². The number of rotatable bonds is 3. The van der Waals surface area contributed by atoms with Gasteiger partial charge in [-0.25, -0.2) is 9.97 Å². The Balaban J connectivity index is 1.34. The van der Waals surface area contributed by atoms with Gasteiger partial charge in [0.15, 0.2) is 5.69 Å². The maximum Gasteiger partial charge on any atom is 0.158 e. The van der Waals surface area contributed by atoms with Crippen LogP contribution in [0.1, 0.15) is 24.1 Å². The van der Waals surface area contributed by atoms with E-state index in [1.54, 1.807) is 12.4 Å². The monoisotopic (exact) mass is 345 g/mol. The largest absolute Gasteiger partial charge is 0.352 e. The zero-order chi connectivity index (χ0) is 17.5. The van der Waals surface area contributed by atoms with Gasteiger partial charge in [0.2, 0.25) is 0 Å². The van der Waals surface area contributed by atoms with Crippen LogP contribution in [0.3, 0.4) is 0 Å². The van der Waals surface area contributed by atoms with Crippen molar-refractivity contribution < 1.29 is 0 Å². The molecule has 1 aliphatic carbocycles. The molecule has 4 fully saturated rings. The smallest absolute Gasteiger partial charge is 0.158 e. The van der Waals surface area contributed by atoms with Crippen LogP contribution in [0.2, 0.25) is 0 Å². The summed E-state index contributed by atoms with van der Waals surface area (Å²) in [6.07, 6.45) is 5.98. The Morgan fingerprint density at radius 1 is 1.00 bits per heavy atom. The van der Waals surface area contributed by atoms with E-state index in [1.807, 2.05) is 0 Å². The van der Waals surface area contributed by atoms with Gasteiger partial charge in [0.1, 0.15) is 11.9 Å². The number of hydrogen-bond donors (Lipinski definition) is 0. The number of benzene rings is 1. The lowest BCUT2D eigenvalue weighted by Gasteiger charge is -2.52. The van der Waals surface area contributed by atoms with E-state index in [-0.39, 0.29) is 0 Å². The summed E-state index contributed by atoms with van der Waals surface area (Å²) in [7, 11) is 0. The highest BCUT2D eigenvalue weighted by Gasteiger charge is 2.51. The van der Waals surface area contributed by atoms with E-state index in [4.69, 9.17) is 5.26 Å². The zero-order valence-electron chi connectivity index (χ0n) is 14.8. The number of likely N-dealkylation sites (tertiary alicyclic amines) is 1. The van der Waals surface area contributed by atoms with Crippen LogP contribution in [0, 0.1) is 29.1 Å². The Morgan fingerprint density at radius 2 is 1.85 bits per heavy atom. The van der Waals surface area contributed by atoms with Crippen LogP contribution in [0.4, 0.5) is 5.82 Å². The molecule has 4 aliphatic rings. The number of nitriles is 1. The zero-order valence-corrected chi connectivity index (χ0v) is 14.8. The van der Waals surface area contributed by atoms with Crippen molar-refractivity contribution in [1.29, 1.82) is 5.26 Å². The number of anilines is 1. The second-order valence-electron chi connectivity index (χ2n) is 7.94. The van der Waals surface area contributed by atoms with Crippen LogP contribution in [0.5, 0.6) is 0 Å². The van der Waals surface area contributed by atoms with Crippen LogP contribution in [-0.4, -0.2) is 40.5 Å². The molecule has 0 N–H and O–H groups in total. The number of aromatic nitrogens is 2. The van der Waals surface area contributed by atoms with Crippen molar-refractivity contribution in [2.75, 3.05) is 24.5 Å². The summed E-state index contributed by atoms with van der Waals surface area (Å²) in [6, 6.07) is 13.4. The highest BCUT2D eigenvalue weighted by atomic mass is 15.3. The Morgan fingerprint density at radius 3 is 2.62 bits per heavy atom. The van der Waals surface area contributed by atoms with Crippen molar-refractivity contribution in [3.8, 4) is 6.07 Å². The molecule has 1 saturated carbocycles. The molecule has 26 heavy (non-hydrogen) atoms. The van der Waals surface area contributed by atoms with Gasteiger partial charge in [0, 0.05) is 32.2 Å². The van der Waals surface area contributed by atoms with Gasteiger partial charge in [-0.2, -0.15) is 5.26 Å². The average Bonchev–Trinajstić information content (AvgIpc) is 3.14. The van der Waals surface area contributed by atoms with Crippen molar-refractivity contribution in [3.63, 3.8) is 0 Å². The fourth-order valence-corrected chi connectivity index (χ4v) is 5.42. The van der Waals surface area contributed by atoms with E-state index in [1.165, 1.54) is 31.5 Å². The highest BCUT2D eigenvalue weighted by Crippen LogP contribution is 2.48. The molecule has 3 saturated heterocycles. The van der Waals surface area contributed by atoms with Crippen LogP contribution >= 0.6 is 0 Å². The van der Waals surface area contributed by atoms with Gasteiger partial charge in [-0.15, -0.1) is 0 Å². The first-order valence-corrected chi connectivity index (χ1v) is 9.57. The molecule has 5 nitrogen and oxygen atoms in total. The minimum Gasteiger partial charge on any atom is -0.352 e. The highest BCUT2D eigenvalue weighted by molar-refractivity contribution is 5.41. The molecule has 0 amide bonds. The predicted octanol–water partition coefficient (Wildman–Crippen LogP) is 2.70. The predicted molar refractivity (Wildman–Crippen MR) is 99.3 cm³/mol. The molecule has 0 spiro atoms. The summed E-state index contributed by atoms with van der Waals surface area (Å²) in [4.78, 5) is 13.9. The van der Waals surface area contributed by atoms with Gasteiger partial charge < -0.3 is 4.90 Å². The lowest BCUT2D eigenvalue weighted by molar-refractivity contribution is 0.120. The van der Waals surface area contributed by atoms with Crippen molar-refractivity contribution in [2.24, 2.45) is 17.8 Å². The molecule has 6 rings (SSSR count).